The van der Waals surface area contributed by atoms with E-state index in [1.165, 1.54) is 0 Å². The number of nitrogens with one attached hydrogen (secondary N) is 1. The second-order valence-electron chi connectivity index (χ2n) is 4.66. The third-order valence-corrected chi connectivity index (χ3v) is 4.03. The van der Waals surface area contributed by atoms with Crippen molar-refractivity contribution in [1.29, 1.82) is 0 Å². The highest BCUT2D eigenvalue weighted by atomic mass is 35.5. The molecule has 0 bridgehead atoms. The standard InChI is InChI=1S/C11H17ClN4O.2ClH/c1-15-10(12)6-14-11(15)7-16-2-3-17-9-5-13-4-8(9)16;;/h6,8-9,13H,2-5,7H2,1H3;2*1H/t8-,9+;;/m1../s1. The summed E-state index contributed by atoms with van der Waals surface area (Å²) in [6.07, 6.45) is 2.04. The van der Waals surface area contributed by atoms with Crippen molar-refractivity contribution in [3.63, 3.8) is 0 Å². The summed E-state index contributed by atoms with van der Waals surface area (Å²) in [5.74, 6) is 1.02. The molecule has 2 aliphatic rings. The molecular formula is C11H19Cl3N4O. The molecule has 1 aromatic heterocycles. The largest absolute Gasteiger partial charge is 0.374 e. The maximum Gasteiger partial charge on any atom is 0.128 e. The molecule has 0 aromatic carbocycles. The number of aromatic nitrogens is 2. The topological polar surface area (TPSA) is 42.3 Å². The Hall–Kier alpha value is -0.0400. The SMILES string of the molecule is Cl.Cl.Cn1c(Cl)cnc1CN1CCO[C@H]2CNC[C@H]21. The van der Waals surface area contributed by atoms with Crippen LogP contribution in [0.25, 0.3) is 0 Å². The van der Waals surface area contributed by atoms with E-state index in [1.54, 1.807) is 6.20 Å². The highest BCUT2D eigenvalue weighted by molar-refractivity contribution is 6.29. The second kappa shape index (κ2) is 7.11. The van der Waals surface area contributed by atoms with Gasteiger partial charge in [0.1, 0.15) is 11.0 Å². The van der Waals surface area contributed by atoms with Crippen molar-refractivity contribution < 1.29 is 4.74 Å². The first-order valence-electron chi connectivity index (χ1n) is 5.98. The number of halogens is 3. The second-order valence-corrected chi connectivity index (χ2v) is 5.05. The van der Waals surface area contributed by atoms with Crippen LogP contribution < -0.4 is 5.32 Å². The number of nitrogens with zero attached hydrogens (tertiary/aromatic N) is 3. The van der Waals surface area contributed by atoms with E-state index in [4.69, 9.17) is 16.3 Å². The van der Waals surface area contributed by atoms with Crippen LogP contribution in [0.2, 0.25) is 5.15 Å². The Morgan fingerprint density at radius 1 is 1.47 bits per heavy atom. The summed E-state index contributed by atoms with van der Waals surface area (Å²) >= 11 is 6.00. The van der Waals surface area contributed by atoms with E-state index in [9.17, 15) is 0 Å². The molecule has 19 heavy (non-hydrogen) atoms. The lowest BCUT2D eigenvalue weighted by molar-refractivity contribution is -0.0510. The molecule has 0 unspecified atom stereocenters. The number of fused-ring (bicyclic) bond motifs is 1. The zero-order valence-corrected chi connectivity index (χ0v) is 13.1. The molecule has 2 fully saturated rings. The molecule has 2 aliphatic heterocycles. The van der Waals surface area contributed by atoms with Crippen molar-refractivity contribution in [3.8, 4) is 0 Å². The average Bonchev–Trinajstić information content (AvgIpc) is 2.91. The van der Waals surface area contributed by atoms with E-state index in [0.29, 0.717) is 17.3 Å². The Morgan fingerprint density at radius 3 is 2.95 bits per heavy atom. The van der Waals surface area contributed by atoms with Gasteiger partial charge in [0.25, 0.3) is 0 Å². The molecule has 3 rings (SSSR count). The van der Waals surface area contributed by atoms with Crippen LogP contribution in [-0.4, -0.2) is 52.8 Å². The minimum atomic E-state index is 0. The van der Waals surface area contributed by atoms with Crippen LogP contribution in [0.3, 0.4) is 0 Å². The van der Waals surface area contributed by atoms with Crippen LogP contribution in [0.15, 0.2) is 6.20 Å². The molecule has 0 saturated carbocycles. The fourth-order valence-corrected chi connectivity index (χ4v) is 2.76. The first-order valence-corrected chi connectivity index (χ1v) is 6.36. The number of rotatable bonds is 2. The first kappa shape index (κ1) is 17.0. The van der Waals surface area contributed by atoms with Crippen LogP contribution in [0, 0.1) is 0 Å². The van der Waals surface area contributed by atoms with E-state index >= 15 is 0 Å². The Labute approximate surface area is 130 Å². The molecule has 1 aromatic rings. The smallest absolute Gasteiger partial charge is 0.128 e. The molecule has 1 N–H and O–H groups in total. The lowest BCUT2D eigenvalue weighted by atomic mass is 10.1. The van der Waals surface area contributed by atoms with Gasteiger partial charge < -0.3 is 14.6 Å². The van der Waals surface area contributed by atoms with Gasteiger partial charge in [-0.2, -0.15) is 0 Å². The van der Waals surface area contributed by atoms with E-state index in [-0.39, 0.29) is 24.8 Å². The molecule has 0 radical (unpaired) electrons. The molecule has 5 nitrogen and oxygen atoms in total. The Bertz CT molecular complexity index is 415. The summed E-state index contributed by atoms with van der Waals surface area (Å²) in [6, 6.07) is 0.472. The van der Waals surface area contributed by atoms with Crippen LogP contribution in [0.1, 0.15) is 5.82 Å². The zero-order valence-electron chi connectivity index (χ0n) is 10.7. The lowest BCUT2D eigenvalue weighted by Gasteiger charge is -2.36. The predicted octanol–water partition coefficient (Wildman–Crippen LogP) is 1.09. The van der Waals surface area contributed by atoms with Gasteiger partial charge in [-0.05, 0) is 0 Å². The van der Waals surface area contributed by atoms with E-state index in [1.807, 2.05) is 11.6 Å². The van der Waals surface area contributed by atoms with Gasteiger partial charge in [0.15, 0.2) is 0 Å². The fourth-order valence-electron chi connectivity index (χ4n) is 2.61. The summed E-state index contributed by atoms with van der Waals surface area (Å²) in [5, 5.41) is 4.07. The molecule has 0 aliphatic carbocycles. The van der Waals surface area contributed by atoms with E-state index in [2.05, 4.69) is 15.2 Å². The van der Waals surface area contributed by atoms with Crippen molar-refractivity contribution >= 4 is 36.4 Å². The van der Waals surface area contributed by atoms with Crippen molar-refractivity contribution in [2.24, 2.45) is 7.05 Å². The predicted molar refractivity (Wildman–Crippen MR) is 79.5 cm³/mol. The monoisotopic (exact) mass is 328 g/mol. The maximum atomic E-state index is 6.00. The molecule has 8 heteroatoms. The van der Waals surface area contributed by atoms with Crippen molar-refractivity contribution in [2.75, 3.05) is 26.2 Å². The quantitative estimate of drug-likeness (QED) is 0.882. The number of imidazole rings is 1. The number of morpholine rings is 1. The minimum absolute atomic E-state index is 0. The van der Waals surface area contributed by atoms with Gasteiger partial charge in [-0.1, -0.05) is 11.6 Å². The summed E-state index contributed by atoms with van der Waals surface area (Å²) in [4.78, 5) is 6.79. The molecule has 3 heterocycles. The minimum Gasteiger partial charge on any atom is -0.374 e. The molecular weight excluding hydrogens is 311 g/mol. The Kier molecular flexibility index (Phi) is 6.36. The van der Waals surface area contributed by atoms with Gasteiger partial charge >= 0.3 is 0 Å². The van der Waals surface area contributed by atoms with Gasteiger partial charge in [0.2, 0.25) is 0 Å². The molecule has 2 atom stereocenters. The highest BCUT2D eigenvalue weighted by Crippen LogP contribution is 2.20. The van der Waals surface area contributed by atoms with Crippen LogP contribution >= 0.6 is 36.4 Å². The Balaban J connectivity index is 0.000000902. The first-order chi connectivity index (χ1) is 8.25. The normalized spacial score (nSPS) is 26.4. The number of hydrogen-bond donors (Lipinski definition) is 1. The lowest BCUT2D eigenvalue weighted by Crippen LogP contribution is -2.50. The van der Waals surface area contributed by atoms with Gasteiger partial charge in [0.05, 0.1) is 31.5 Å². The summed E-state index contributed by atoms with van der Waals surface area (Å²) < 4.78 is 7.69. The Morgan fingerprint density at radius 2 is 2.26 bits per heavy atom. The third kappa shape index (κ3) is 3.35. The van der Waals surface area contributed by atoms with Crippen molar-refractivity contribution in [2.45, 2.75) is 18.7 Å². The summed E-state index contributed by atoms with van der Waals surface area (Å²) in [7, 11) is 1.95. The molecule has 0 amide bonds. The van der Waals surface area contributed by atoms with Crippen molar-refractivity contribution in [3.05, 3.63) is 17.2 Å². The van der Waals surface area contributed by atoms with Gasteiger partial charge in [-0.15, -0.1) is 24.8 Å². The van der Waals surface area contributed by atoms with Crippen LogP contribution in [0.5, 0.6) is 0 Å². The zero-order chi connectivity index (χ0) is 11.8. The average molecular weight is 330 g/mol. The molecule has 0 spiro atoms. The highest BCUT2D eigenvalue weighted by Gasteiger charge is 2.36. The molecule has 110 valence electrons. The van der Waals surface area contributed by atoms with Gasteiger partial charge in [0, 0.05) is 26.7 Å². The number of hydrogen-bond acceptors (Lipinski definition) is 4. The third-order valence-electron chi connectivity index (χ3n) is 3.68. The molecule has 2 saturated heterocycles. The van der Waals surface area contributed by atoms with E-state index < -0.39 is 0 Å². The maximum absolute atomic E-state index is 6.00. The van der Waals surface area contributed by atoms with E-state index in [0.717, 1.165) is 38.6 Å². The van der Waals surface area contributed by atoms with Crippen LogP contribution in [-0.2, 0) is 18.3 Å². The van der Waals surface area contributed by atoms with Crippen LogP contribution in [0.4, 0.5) is 0 Å². The summed E-state index contributed by atoms with van der Waals surface area (Å²) in [6.45, 7) is 4.58. The summed E-state index contributed by atoms with van der Waals surface area (Å²) in [5.41, 5.74) is 0. The fraction of sp³-hybridized carbons (Fsp3) is 0.727. The number of ether oxygens (including phenoxy) is 1. The van der Waals surface area contributed by atoms with Crippen molar-refractivity contribution in [1.82, 2.24) is 19.8 Å². The van der Waals surface area contributed by atoms with Gasteiger partial charge in [-0.3, -0.25) is 4.90 Å². The van der Waals surface area contributed by atoms with Gasteiger partial charge in [-0.25, -0.2) is 4.98 Å².